The average Bonchev–Trinajstić information content (AvgIpc) is 3.85. The minimum atomic E-state index is -0.121. The molecule has 2 aliphatic rings. The minimum absolute atomic E-state index is 0.121. The van der Waals surface area contributed by atoms with Crippen molar-refractivity contribution in [3.8, 4) is 73.0 Å². The van der Waals surface area contributed by atoms with Gasteiger partial charge < -0.3 is 4.57 Å². The van der Waals surface area contributed by atoms with E-state index in [1.165, 1.54) is 66.3 Å². The first-order valence-electron chi connectivity index (χ1n) is 21.3. The van der Waals surface area contributed by atoms with Crippen LogP contribution in [0.2, 0.25) is 0 Å². The Morgan fingerprint density at radius 3 is 1.51 bits per heavy atom. The lowest BCUT2D eigenvalue weighted by Gasteiger charge is -2.22. The molecule has 0 N–H and O–H groups in total. The summed E-state index contributed by atoms with van der Waals surface area (Å²) in [6, 6.07) is 68.6. The van der Waals surface area contributed by atoms with Gasteiger partial charge in [0.05, 0.1) is 22.4 Å². The molecule has 2 aliphatic carbocycles. The minimum Gasteiger partial charge on any atom is -0.309 e. The molecule has 0 spiro atoms. The van der Waals surface area contributed by atoms with E-state index >= 15 is 0 Å². The van der Waals surface area contributed by atoms with Crippen molar-refractivity contribution in [2.45, 2.75) is 38.5 Å². The molecule has 8 aromatic carbocycles. The Morgan fingerprint density at radius 2 is 0.852 bits per heavy atom. The van der Waals surface area contributed by atoms with Gasteiger partial charge >= 0.3 is 0 Å². The van der Waals surface area contributed by atoms with E-state index in [-0.39, 0.29) is 10.8 Å². The highest BCUT2D eigenvalue weighted by Crippen LogP contribution is 2.51. The number of para-hydroxylation sites is 2. The Morgan fingerprint density at radius 1 is 0.344 bits per heavy atom. The fourth-order valence-corrected chi connectivity index (χ4v) is 10.4. The van der Waals surface area contributed by atoms with Crippen LogP contribution in [-0.2, 0) is 10.8 Å². The zero-order valence-electron chi connectivity index (χ0n) is 34.7. The fraction of sp³-hybridized carbons (Fsp3) is 0.103. The molecule has 3 heteroatoms. The molecule has 3 nitrogen and oxygen atoms in total. The third kappa shape index (κ3) is 5.36. The van der Waals surface area contributed by atoms with Crippen LogP contribution in [0.1, 0.15) is 49.9 Å². The summed E-state index contributed by atoms with van der Waals surface area (Å²) < 4.78 is 2.36. The summed E-state index contributed by atoms with van der Waals surface area (Å²) in [6.45, 7) is 9.35. The van der Waals surface area contributed by atoms with Crippen LogP contribution < -0.4 is 0 Å². The molecule has 0 amide bonds. The maximum Gasteiger partial charge on any atom is 0.160 e. The molecule has 2 heterocycles. The number of aromatic nitrogens is 3. The summed E-state index contributed by atoms with van der Waals surface area (Å²) in [4.78, 5) is 10.8. The monoisotopic (exact) mass is 781 g/mol. The molecule has 12 rings (SSSR count). The SMILES string of the molecule is CC1(C)c2ccccc2-c2ccc(-c3cc(-c4ccc5c(c4)C(C)(C)c4ccccc4-5)nc(-c4cccc(-c5ccc6c(c5)c5ccccc5n6-c5ccccc5)c4)n3)cc21. The van der Waals surface area contributed by atoms with Crippen LogP contribution in [0.15, 0.2) is 188 Å². The van der Waals surface area contributed by atoms with Crippen LogP contribution in [0.25, 0.3) is 94.8 Å². The van der Waals surface area contributed by atoms with Gasteiger partial charge in [-0.3, -0.25) is 0 Å². The van der Waals surface area contributed by atoms with E-state index in [1.807, 2.05) is 0 Å². The van der Waals surface area contributed by atoms with E-state index in [9.17, 15) is 0 Å². The van der Waals surface area contributed by atoms with Crippen molar-refractivity contribution >= 4 is 21.8 Å². The van der Waals surface area contributed by atoms with Crippen molar-refractivity contribution in [2.24, 2.45) is 0 Å². The largest absolute Gasteiger partial charge is 0.309 e. The van der Waals surface area contributed by atoms with Gasteiger partial charge in [0.1, 0.15) is 0 Å². The zero-order valence-corrected chi connectivity index (χ0v) is 34.7. The average molecular weight is 782 g/mol. The molecule has 0 atom stereocenters. The zero-order chi connectivity index (χ0) is 41.0. The summed E-state index contributed by atoms with van der Waals surface area (Å²) in [5.41, 5.74) is 21.2. The fourth-order valence-electron chi connectivity index (χ4n) is 10.4. The van der Waals surface area contributed by atoms with Gasteiger partial charge in [0, 0.05) is 44.0 Å². The topological polar surface area (TPSA) is 30.7 Å². The van der Waals surface area contributed by atoms with Crippen LogP contribution in [0.4, 0.5) is 0 Å². The predicted molar refractivity (Wildman–Crippen MR) is 253 cm³/mol. The molecule has 0 saturated carbocycles. The Bertz CT molecular complexity index is 3300. The van der Waals surface area contributed by atoms with E-state index in [4.69, 9.17) is 9.97 Å². The number of rotatable bonds is 5. The maximum atomic E-state index is 5.40. The Balaban J connectivity index is 1.01. The van der Waals surface area contributed by atoms with E-state index < -0.39 is 0 Å². The molecular weight excluding hydrogens is 739 g/mol. The van der Waals surface area contributed by atoms with E-state index in [0.717, 1.165) is 44.9 Å². The van der Waals surface area contributed by atoms with Crippen molar-refractivity contribution in [2.75, 3.05) is 0 Å². The highest BCUT2D eigenvalue weighted by Gasteiger charge is 2.37. The van der Waals surface area contributed by atoms with Gasteiger partial charge in [-0.25, -0.2) is 9.97 Å². The van der Waals surface area contributed by atoms with Gasteiger partial charge in [-0.15, -0.1) is 0 Å². The van der Waals surface area contributed by atoms with Crippen molar-refractivity contribution in [1.82, 2.24) is 14.5 Å². The molecule has 0 unspecified atom stereocenters. The third-order valence-corrected chi connectivity index (χ3v) is 13.6. The van der Waals surface area contributed by atoms with Crippen molar-refractivity contribution in [3.05, 3.63) is 210 Å². The number of benzene rings is 8. The summed E-state index contributed by atoms with van der Waals surface area (Å²) in [5.74, 6) is 0.710. The van der Waals surface area contributed by atoms with Crippen LogP contribution in [-0.4, -0.2) is 14.5 Å². The Kier molecular flexibility index (Phi) is 7.62. The van der Waals surface area contributed by atoms with Gasteiger partial charge in [-0.2, -0.15) is 0 Å². The third-order valence-electron chi connectivity index (χ3n) is 13.6. The second-order valence-corrected chi connectivity index (χ2v) is 17.8. The number of hydrogen-bond donors (Lipinski definition) is 0. The summed E-state index contributed by atoms with van der Waals surface area (Å²) in [5, 5.41) is 2.47. The number of fused-ring (bicyclic) bond motifs is 9. The Hall–Kier alpha value is -7.36. The van der Waals surface area contributed by atoms with Crippen LogP contribution in [0, 0.1) is 0 Å². The first-order valence-corrected chi connectivity index (χ1v) is 21.3. The van der Waals surface area contributed by atoms with Gasteiger partial charge in [0.2, 0.25) is 0 Å². The Labute approximate surface area is 356 Å². The van der Waals surface area contributed by atoms with Gasteiger partial charge in [-0.05, 0) is 110 Å². The molecule has 0 aliphatic heterocycles. The van der Waals surface area contributed by atoms with E-state index in [2.05, 4.69) is 220 Å². The van der Waals surface area contributed by atoms with Crippen molar-refractivity contribution in [3.63, 3.8) is 0 Å². The molecule has 2 aromatic heterocycles. The molecule has 61 heavy (non-hydrogen) atoms. The standard InChI is InChI=1S/C58H43N3/c1-57(2)48-22-11-8-19-42(48)44-28-25-38(33-50(44)57)52-35-53(39-26-29-45-43-20-9-12-23-49(43)58(3,4)51(45)34-39)60-56(59-52)40-16-14-15-36(31-40)37-27-30-55-47(32-37)46-21-10-13-24-54(46)61(55)41-17-6-5-7-18-41/h5-35H,1-4H3. The smallest absolute Gasteiger partial charge is 0.160 e. The highest BCUT2D eigenvalue weighted by molar-refractivity contribution is 6.10. The molecule has 290 valence electrons. The second-order valence-electron chi connectivity index (χ2n) is 17.8. The van der Waals surface area contributed by atoms with E-state index in [0.29, 0.717) is 5.82 Å². The van der Waals surface area contributed by atoms with Gasteiger partial charge in [0.15, 0.2) is 5.82 Å². The predicted octanol–water partition coefficient (Wildman–Crippen LogP) is 14.9. The normalized spacial score (nSPS) is 14.2. The van der Waals surface area contributed by atoms with Crippen LogP contribution >= 0.6 is 0 Å². The second kappa shape index (κ2) is 13.1. The highest BCUT2D eigenvalue weighted by atomic mass is 15.0. The van der Waals surface area contributed by atoms with Crippen LogP contribution in [0.5, 0.6) is 0 Å². The lowest BCUT2D eigenvalue weighted by atomic mass is 9.81. The number of hydrogen-bond acceptors (Lipinski definition) is 2. The lowest BCUT2D eigenvalue weighted by Crippen LogP contribution is -2.15. The summed E-state index contributed by atoms with van der Waals surface area (Å²) in [6.07, 6.45) is 0. The van der Waals surface area contributed by atoms with Crippen LogP contribution in [0.3, 0.4) is 0 Å². The number of nitrogens with zero attached hydrogens (tertiary/aromatic N) is 3. The van der Waals surface area contributed by atoms with Gasteiger partial charge in [0.25, 0.3) is 0 Å². The molecular formula is C58H43N3. The quantitative estimate of drug-likeness (QED) is 0.174. The van der Waals surface area contributed by atoms with Crippen molar-refractivity contribution in [1.29, 1.82) is 0 Å². The van der Waals surface area contributed by atoms with Gasteiger partial charge in [-0.1, -0.05) is 161 Å². The molecule has 0 bridgehead atoms. The molecule has 0 radical (unpaired) electrons. The summed E-state index contributed by atoms with van der Waals surface area (Å²) in [7, 11) is 0. The first-order chi connectivity index (χ1) is 29.7. The maximum absolute atomic E-state index is 5.40. The first kappa shape index (κ1) is 35.6. The lowest BCUT2D eigenvalue weighted by molar-refractivity contribution is 0.660. The summed E-state index contributed by atoms with van der Waals surface area (Å²) >= 11 is 0. The van der Waals surface area contributed by atoms with E-state index in [1.54, 1.807) is 0 Å². The van der Waals surface area contributed by atoms with Crippen molar-refractivity contribution < 1.29 is 0 Å². The molecule has 0 fully saturated rings. The molecule has 0 saturated heterocycles. The molecule has 10 aromatic rings.